The van der Waals surface area contributed by atoms with E-state index in [1.165, 1.54) is 5.56 Å². The molecule has 0 saturated heterocycles. The van der Waals surface area contributed by atoms with Crippen LogP contribution < -0.4 is 14.8 Å². The summed E-state index contributed by atoms with van der Waals surface area (Å²) < 4.78 is 12.7. The number of nitrogens with zero attached hydrogens (tertiary/aromatic N) is 1. The molecule has 0 aliphatic heterocycles. The fraction of sp³-hybridized carbons (Fsp3) is 0.214. The van der Waals surface area contributed by atoms with Gasteiger partial charge >= 0.3 is 0 Å². The van der Waals surface area contributed by atoms with Crippen LogP contribution in [0.1, 0.15) is 34.7 Å². The largest absolute Gasteiger partial charge is 0.490 e. The Hall–Kier alpha value is -3.31. The summed E-state index contributed by atoms with van der Waals surface area (Å²) in [6, 6.07) is 19.6. The van der Waals surface area contributed by atoms with Crippen molar-refractivity contribution in [2.75, 3.05) is 11.9 Å². The van der Waals surface area contributed by atoms with E-state index < -0.39 is 5.91 Å². The lowest BCUT2D eigenvalue weighted by molar-refractivity contribution is -0.112. The monoisotopic (exact) mass is 566 g/mol. The second-order valence-corrected chi connectivity index (χ2v) is 9.14. The van der Waals surface area contributed by atoms with Gasteiger partial charge in [0.2, 0.25) is 0 Å². The number of aryl methyl sites for hydroxylation is 3. The molecule has 1 N–H and O–H groups in total. The van der Waals surface area contributed by atoms with E-state index >= 15 is 0 Å². The van der Waals surface area contributed by atoms with Crippen LogP contribution in [0.15, 0.2) is 60.2 Å². The minimum absolute atomic E-state index is 0.00606. The first-order valence-electron chi connectivity index (χ1n) is 11.0. The minimum atomic E-state index is -0.456. The molecule has 0 radical (unpaired) electrons. The maximum atomic E-state index is 12.8. The second kappa shape index (κ2) is 11.7. The van der Waals surface area contributed by atoms with E-state index in [9.17, 15) is 10.1 Å². The molecule has 3 aromatic rings. The first kappa shape index (κ1) is 25.3. The van der Waals surface area contributed by atoms with Crippen molar-refractivity contribution in [3.63, 3.8) is 0 Å². The molecular weight excluding hydrogens is 539 g/mol. The van der Waals surface area contributed by atoms with Crippen LogP contribution in [0.5, 0.6) is 11.5 Å². The summed E-state index contributed by atoms with van der Waals surface area (Å²) in [4.78, 5) is 12.8. The smallest absolute Gasteiger partial charge is 0.266 e. The third-order valence-electron chi connectivity index (χ3n) is 5.14. The summed E-state index contributed by atoms with van der Waals surface area (Å²) in [7, 11) is 0. The summed E-state index contributed by atoms with van der Waals surface area (Å²) in [5, 5.41) is 12.5. The SMILES string of the molecule is CCOc1cc(/C=C(/C#N)C(=O)Nc2ccc(C)cc2C)cc(I)c1OCc1ccc(C)cc1. The molecule has 0 aliphatic carbocycles. The summed E-state index contributed by atoms with van der Waals surface area (Å²) in [6.45, 7) is 8.73. The Bertz CT molecular complexity index is 1260. The number of anilines is 1. The molecule has 6 heteroatoms. The number of nitriles is 1. The molecule has 0 unspecified atom stereocenters. The Balaban J connectivity index is 1.85. The van der Waals surface area contributed by atoms with Crippen LogP contribution in [-0.4, -0.2) is 12.5 Å². The van der Waals surface area contributed by atoms with Gasteiger partial charge < -0.3 is 14.8 Å². The molecule has 0 saturated carbocycles. The summed E-state index contributed by atoms with van der Waals surface area (Å²) >= 11 is 2.18. The number of hydrogen-bond donors (Lipinski definition) is 1. The van der Waals surface area contributed by atoms with Crippen molar-refractivity contribution in [1.82, 2.24) is 0 Å². The number of nitrogens with one attached hydrogen (secondary N) is 1. The number of rotatable bonds is 8. The quantitative estimate of drug-likeness (QED) is 0.186. The summed E-state index contributed by atoms with van der Waals surface area (Å²) in [5.74, 6) is 0.750. The van der Waals surface area contributed by atoms with Crippen LogP contribution >= 0.6 is 22.6 Å². The predicted molar refractivity (Wildman–Crippen MR) is 144 cm³/mol. The highest BCUT2D eigenvalue weighted by molar-refractivity contribution is 14.1. The van der Waals surface area contributed by atoms with Crippen molar-refractivity contribution in [2.24, 2.45) is 0 Å². The zero-order chi connectivity index (χ0) is 24.7. The summed E-state index contributed by atoms with van der Waals surface area (Å²) in [5.41, 5.74) is 5.67. The van der Waals surface area contributed by atoms with E-state index in [0.717, 1.165) is 20.3 Å². The van der Waals surface area contributed by atoms with Gasteiger partial charge in [0.05, 0.1) is 10.2 Å². The van der Waals surface area contributed by atoms with E-state index in [1.807, 2.05) is 82.3 Å². The summed E-state index contributed by atoms with van der Waals surface area (Å²) in [6.07, 6.45) is 1.56. The van der Waals surface area contributed by atoms with Crippen molar-refractivity contribution in [1.29, 1.82) is 5.26 Å². The maximum absolute atomic E-state index is 12.8. The van der Waals surface area contributed by atoms with Gasteiger partial charge in [-0.25, -0.2) is 0 Å². The number of benzene rings is 3. The molecule has 5 nitrogen and oxygen atoms in total. The molecule has 0 bridgehead atoms. The van der Waals surface area contributed by atoms with Gasteiger partial charge in [0.1, 0.15) is 18.2 Å². The molecule has 34 heavy (non-hydrogen) atoms. The zero-order valence-electron chi connectivity index (χ0n) is 19.7. The average Bonchev–Trinajstić information content (AvgIpc) is 2.80. The molecule has 0 spiro atoms. The number of amides is 1. The van der Waals surface area contributed by atoms with Crippen molar-refractivity contribution < 1.29 is 14.3 Å². The van der Waals surface area contributed by atoms with Crippen molar-refractivity contribution in [3.05, 3.63) is 91.6 Å². The number of carbonyl (C=O) groups is 1. The first-order valence-corrected chi connectivity index (χ1v) is 12.0. The Morgan fingerprint density at radius 1 is 1.03 bits per heavy atom. The molecule has 174 valence electrons. The van der Waals surface area contributed by atoms with Gasteiger partial charge in [-0.3, -0.25) is 4.79 Å². The number of halogens is 1. The van der Waals surface area contributed by atoms with Crippen LogP contribution in [0.3, 0.4) is 0 Å². The highest BCUT2D eigenvalue weighted by Gasteiger charge is 2.15. The van der Waals surface area contributed by atoms with E-state index in [4.69, 9.17) is 9.47 Å². The van der Waals surface area contributed by atoms with E-state index in [-0.39, 0.29) is 5.57 Å². The highest BCUT2D eigenvalue weighted by atomic mass is 127. The molecule has 0 fully saturated rings. The lowest BCUT2D eigenvalue weighted by Crippen LogP contribution is -2.14. The Labute approximate surface area is 214 Å². The minimum Gasteiger partial charge on any atom is -0.490 e. The fourth-order valence-electron chi connectivity index (χ4n) is 3.37. The van der Waals surface area contributed by atoms with Crippen LogP contribution in [0.2, 0.25) is 0 Å². The third-order valence-corrected chi connectivity index (χ3v) is 5.94. The Kier molecular flexibility index (Phi) is 8.72. The lowest BCUT2D eigenvalue weighted by atomic mass is 10.1. The van der Waals surface area contributed by atoms with Crippen LogP contribution in [0.25, 0.3) is 6.08 Å². The maximum Gasteiger partial charge on any atom is 0.266 e. The van der Waals surface area contributed by atoms with Crippen molar-refractivity contribution >= 4 is 40.3 Å². The van der Waals surface area contributed by atoms with Crippen molar-refractivity contribution in [3.8, 4) is 17.6 Å². The van der Waals surface area contributed by atoms with Gasteiger partial charge in [-0.2, -0.15) is 5.26 Å². The Morgan fingerprint density at radius 2 is 1.74 bits per heavy atom. The standard InChI is InChI=1S/C28H27IN2O3/c1-5-33-26-15-22(14-24(29)27(26)34-17-21-9-6-18(2)7-10-21)13-23(16-30)28(32)31-25-11-8-19(3)12-20(25)4/h6-15H,5,17H2,1-4H3,(H,31,32)/b23-13-. The van der Waals surface area contributed by atoms with Gasteiger partial charge in [0.25, 0.3) is 5.91 Å². The van der Waals surface area contributed by atoms with Crippen LogP contribution in [-0.2, 0) is 11.4 Å². The van der Waals surface area contributed by atoms with E-state index in [0.29, 0.717) is 36.0 Å². The number of hydrogen-bond acceptors (Lipinski definition) is 4. The molecule has 0 heterocycles. The van der Waals surface area contributed by atoms with Gasteiger partial charge in [-0.15, -0.1) is 0 Å². The van der Waals surface area contributed by atoms with Gasteiger partial charge in [-0.05, 0) is 91.3 Å². The van der Waals surface area contributed by atoms with E-state index in [1.54, 1.807) is 12.1 Å². The Morgan fingerprint density at radius 3 is 2.38 bits per heavy atom. The molecule has 0 atom stereocenters. The second-order valence-electron chi connectivity index (χ2n) is 7.98. The number of carbonyl (C=O) groups excluding carboxylic acids is 1. The molecule has 1 amide bonds. The van der Waals surface area contributed by atoms with E-state index in [2.05, 4.69) is 27.9 Å². The first-order chi connectivity index (χ1) is 16.3. The fourth-order valence-corrected chi connectivity index (χ4v) is 4.15. The molecule has 3 aromatic carbocycles. The molecule has 0 aromatic heterocycles. The van der Waals surface area contributed by atoms with Crippen molar-refractivity contribution in [2.45, 2.75) is 34.3 Å². The molecule has 0 aliphatic rings. The number of ether oxygens (including phenoxy) is 2. The predicted octanol–water partition coefficient (Wildman–Crippen LogP) is 6.74. The average molecular weight is 566 g/mol. The molecular formula is C28H27IN2O3. The van der Waals surface area contributed by atoms with Gasteiger partial charge in [0, 0.05) is 5.69 Å². The van der Waals surface area contributed by atoms with Gasteiger partial charge in [0.15, 0.2) is 11.5 Å². The van der Waals surface area contributed by atoms with Crippen LogP contribution in [0.4, 0.5) is 5.69 Å². The lowest BCUT2D eigenvalue weighted by Gasteiger charge is -2.15. The normalized spacial score (nSPS) is 11.0. The third kappa shape index (κ3) is 6.61. The topological polar surface area (TPSA) is 71.3 Å². The molecule has 3 rings (SSSR count). The van der Waals surface area contributed by atoms with Crippen LogP contribution in [0, 0.1) is 35.7 Å². The highest BCUT2D eigenvalue weighted by Crippen LogP contribution is 2.35. The van der Waals surface area contributed by atoms with Gasteiger partial charge in [-0.1, -0.05) is 47.5 Å². The zero-order valence-corrected chi connectivity index (χ0v) is 21.9.